The molecule has 1 aliphatic rings. The van der Waals surface area contributed by atoms with Crippen LogP contribution in [0, 0.1) is 11.8 Å². The molecule has 1 saturated heterocycles. The van der Waals surface area contributed by atoms with Gasteiger partial charge in [-0.15, -0.1) is 0 Å². The summed E-state index contributed by atoms with van der Waals surface area (Å²) < 4.78 is 0. The average molecular weight is 429 g/mol. The highest BCUT2D eigenvalue weighted by atomic mass is 16.4. The van der Waals surface area contributed by atoms with Gasteiger partial charge >= 0.3 is 5.97 Å². The lowest BCUT2D eigenvalue weighted by Crippen LogP contribution is -2.58. The van der Waals surface area contributed by atoms with E-state index in [0.717, 1.165) is 0 Å². The summed E-state index contributed by atoms with van der Waals surface area (Å²) in [4.78, 5) is 50.6. The highest BCUT2D eigenvalue weighted by Crippen LogP contribution is 2.19. The molecule has 30 heavy (non-hydrogen) atoms. The van der Waals surface area contributed by atoms with Gasteiger partial charge in [-0.1, -0.05) is 34.1 Å². The Morgan fingerprint density at radius 1 is 1.13 bits per heavy atom. The Morgan fingerprint density at radius 3 is 2.27 bits per heavy atom. The lowest BCUT2D eigenvalue weighted by Gasteiger charge is -2.29. The van der Waals surface area contributed by atoms with Crippen LogP contribution in [0.4, 0.5) is 0 Å². The van der Waals surface area contributed by atoms with E-state index >= 15 is 0 Å². The van der Waals surface area contributed by atoms with Gasteiger partial charge in [0.15, 0.2) is 0 Å². The first-order valence-electron chi connectivity index (χ1n) is 10.5. The molecule has 6 N–H and O–H groups in total. The van der Waals surface area contributed by atoms with Crippen molar-refractivity contribution >= 4 is 23.7 Å². The number of aliphatic carboxylic acids is 1. The Kier molecular flexibility index (Phi) is 10.2. The van der Waals surface area contributed by atoms with Crippen LogP contribution in [-0.4, -0.2) is 76.1 Å². The van der Waals surface area contributed by atoms with E-state index in [1.54, 1.807) is 0 Å². The molecule has 0 spiro atoms. The van der Waals surface area contributed by atoms with Crippen molar-refractivity contribution in [2.75, 3.05) is 13.2 Å². The predicted octanol–water partition coefficient (Wildman–Crippen LogP) is -0.557. The number of hydrogen-bond acceptors (Lipinski definition) is 6. The maximum Gasteiger partial charge on any atom is 0.326 e. The van der Waals surface area contributed by atoms with Crippen LogP contribution in [-0.2, 0) is 19.2 Å². The first-order chi connectivity index (χ1) is 14.0. The summed E-state index contributed by atoms with van der Waals surface area (Å²) >= 11 is 0. The highest BCUT2D eigenvalue weighted by Gasteiger charge is 2.39. The number of rotatable bonds is 11. The van der Waals surface area contributed by atoms with Gasteiger partial charge in [0.25, 0.3) is 0 Å². The summed E-state index contributed by atoms with van der Waals surface area (Å²) in [5.41, 5.74) is 5.89. The molecule has 10 heteroatoms. The van der Waals surface area contributed by atoms with Crippen molar-refractivity contribution in [2.45, 2.75) is 77.5 Å². The zero-order valence-corrected chi connectivity index (χ0v) is 18.3. The largest absolute Gasteiger partial charge is 0.480 e. The molecule has 1 fully saturated rings. The monoisotopic (exact) mass is 428 g/mol. The summed E-state index contributed by atoms with van der Waals surface area (Å²) in [6.07, 6.45) is 1.89. The summed E-state index contributed by atoms with van der Waals surface area (Å²) in [6, 6.07) is -3.92. The van der Waals surface area contributed by atoms with E-state index in [-0.39, 0.29) is 24.8 Å². The maximum absolute atomic E-state index is 12.9. The number of aliphatic hydroxyl groups is 1. The number of nitrogens with one attached hydrogen (secondary N) is 2. The molecule has 3 amide bonds. The Balaban J connectivity index is 2.84. The lowest BCUT2D eigenvalue weighted by atomic mass is 9.99. The molecule has 0 aromatic rings. The minimum atomic E-state index is -1.22. The van der Waals surface area contributed by atoms with E-state index in [0.29, 0.717) is 19.3 Å². The van der Waals surface area contributed by atoms with E-state index < -0.39 is 54.5 Å². The number of nitrogens with two attached hydrogens (primary N) is 1. The van der Waals surface area contributed by atoms with Crippen molar-refractivity contribution in [3.05, 3.63) is 0 Å². The van der Waals surface area contributed by atoms with E-state index in [4.69, 9.17) is 5.73 Å². The molecule has 1 heterocycles. The van der Waals surface area contributed by atoms with Crippen molar-refractivity contribution in [1.29, 1.82) is 0 Å². The van der Waals surface area contributed by atoms with Crippen LogP contribution in [0.2, 0.25) is 0 Å². The topological polar surface area (TPSA) is 162 Å². The van der Waals surface area contributed by atoms with Crippen molar-refractivity contribution < 1.29 is 29.4 Å². The summed E-state index contributed by atoms with van der Waals surface area (Å²) in [5, 5.41) is 24.0. The molecule has 0 aliphatic carbocycles. The van der Waals surface area contributed by atoms with Crippen molar-refractivity contribution in [3.8, 4) is 0 Å². The molecule has 5 unspecified atom stereocenters. The third-order valence-corrected chi connectivity index (χ3v) is 5.52. The van der Waals surface area contributed by atoms with Crippen LogP contribution in [0.15, 0.2) is 0 Å². The second-order valence-corrected chi connectivity index (χ2v) is 8.37. The number of hydrogen-bond donors (Lipinski definition) is 5. The standard InChI is InChI=1S/C20H36N4O6/c1-5-12(4)16(21)18(27)23-14(10-25)19(28)24-8-6-7-15(24)17(26)22-13(20(29)30)9-11(2)3/h11-16,25H,5-10,21H2,1-4H3,(H,22,26)(H,23,27)(H,29,30). The molecule has 0 aromatic carbocycles. The molecule has 0 bridgehead atoms. The molecule has 5 atom stereocenters. The van der Waals surface area contributed by atoms with Crippen LogP contribution < -0.4 is 16.4 Å². The fourth-order valence-electron chi connectivity index (χ4n) is 3.43. The van der Waals surface area contributed by atoms with Crippen molar-refractivity contribution in [3.63, 3.8) is 0 Å². The van der Waals surface area contributed by atoms with Gasteiger partial charge in [-0.2, -0.15) is 0 Å². The number of carboxylic acid groups (broad SMARTS) is 1. The zero-order valence-electron chi connectivity index (χ0n) is 18.3. The molecular formula is C20H36N4O6. The van der Waals surface area contributed by atoms with Crippen LogP contribution in [0.5, 0.6) is 0 Å². The van der Waals surface area contributed by atoms with Gasteiger partial charge in [0.05, 0.1) is 12.6 Å². The molecular weight excluding hydrogens is 392 g/mol. The molecule has 10 nitrogen and oxygen atoms in total. The number of carboxylic acids is 1. The fourth-order valence-corrected chi connectivity index (χ4v) is 3.43. The molecule has 172 valence electrons. The second kappa shape index (κ2) is 11.8. The summed E-state index contributed by atoms with van der Waals surface area (Å²) in [7, 11) is 0. The van der Waals surface area contributed by atoms with Gasteiger partial charge in [-0.25, -0.2) is 4.79 Å². The molecule has 0 aromatic heterocycles. The quantitative estimate of drug-likeness (QED) is 0.295. The molecule has 0 saturated carbocycles. The van der Waals surface area contributed by atoms with Gasteiger partial charge in [0, 0.05) is 6.54 Å². The van der Waals surface area contributed by atoms with Crippen molar-refractivity contribution in [1.82, 2.24) is 15.5 Å². The van der Waals surface area contributed by atoms with Crippen LogP contribution in [0.3, 0.4) is 0 Å². The number of carbonyl (C=O) groups is 4. The average Bonchev–Trinajstić information content (AvgIpc) is 3.19. The van der Waals surface area contributed by atoms with Gasteiger partial charge in [-0.05, 0) is 31.1 Å². The van der Waals surface area contributed by atoms with E-state index in [1.165, 1.54) is 4.90 Å². The Labute approximate surface area is 177 Å². The number of carbonyl (C=O) groups excluding carboxylic acids is 3. The van der Waals surface area contributed by atoms with Crippen LogP contribution >= 0.6 is 0 Å². The minimum absolute atomic E-state index is 0.0661. The van der Waals surface area contributed by atoms with Gasteiger partial charge in [0.1, 0.15) is 18.1 Å². The van der Waals surface area contributed by atoms with Gasteiger partial charge in [0.2, 0.25) is 17.7 Å². The highest BCUT2D eigenvalue weighted by molar-refractivity contribution is 5.94. The predicted molar refractivity (Wildman–Crippen MR) is 110 cm³/mol. The minimum Gasteiger partial charge on any atom is -0.480 e. The number of amides is 3. The number of likely N-dealkylation sites (tertiary alicyclic amines) is 1. The van der Waals surface area contributed by atoms with E-state index in [1.807, 2.05) is 27.7 Å². The third-order valence-electron chi connectivity index (χ3n) is 5.52. The van der Waals surface area contributed by atoms with Crippen LogP contribution in [0.1, 0.15) is 53.4 Å². The van der Waals surface area contributed by atoms with E-state index in [2.05, 4.69) is 10.6 Å². The van der Waals surface area contributed by atoms with Gasteiger partial charge < -0.3 is 31.5 Å². The Morgan fingerprint density at radius 2 is 1.77 bits per heavy atom. The normalized spacial score (nSPS) is 20.4. The molecule has 1 aliphatic heterocycles. The first kappa shape index (κ1) is 25.8. The smallest absolute Gasteiger partial charge is 0.326 e. The summed E-state index contributed by atoms with van der Waals surface area (Å²) in [5.74, 6) is -2.84. The fraction of sp³-hybridized carbons (Fsp3) is 0.800. The Bertz CT molecular complexity index is 626. The number of aliphatic hydroxyl groups excluding tert-OH is 1. The summed E-state index contributed by atoms with van der Waals surface area (Å²) in [6.45, 7) is 7.06. The second-order valence-electron chi connectivity index (χ2n) is 8.37. The molecule has 0 radical (unpaired) electrons. The zero-order chi connectivity index (χ0) is 23.0. The third kappa shape index (κ3) is 6.94. The SMILES string of the molecule is CCC(C)C(N)C(=O)NC(CO)C(=O)N1CCCC1C(=O)NC(CC(C)C)C(=O)O. The maximum atomic E-state index is 12.9. The lowest BCUT2D eigenvalue weighted by molar-refractivity contribution is -0.145. The van der Waals surface area contributed by atoms with Crippen LogP contribution in [0.25, 0.3) is 0 Å². The Hall–Kier alpha value is -2.20. The number of nitrogens with zero attached hydrogens (tertiary/aromatic N) is 1. The van der Waals surface area contributed by atoms with Gasteiger partial charge in [-0.3, -0.25) is 14.4 Å². The van der Waals surface area contributed by atoms with Crippen molar-refractivity contribution in [2.24, 2.45) is 17.6 Å². The van der Waals surface area contributed by atoms with E-state index in [9.17, 15) is 29.4 Å². The first-order valence-corrected chi connectivity index (χ1v) is 10.5. The molecule has 1 rings (SSSR count).